The summed E-state index contributed by atoms with van der Waals surface area (Å²) in [6.07, 6.45) is 1.16. The number of hydrogen-bond donors (Lipinski definition) is 0. The lowest BCUT2D eigenvalue weighted by Gasteiger charge is -2.23. The fraction of sp³-hybridized carbons (Fsp3) is 0.192. The summed E-state index contributed by atoms with van der Waals surface area (Å²) in [7, 11) is 0. The Morgan fingerprint density at radius 2 is 1.60 bits per heavy atom. The summed E-state index contributed by atoms with van der Waals surface area (Å²) in [6, 6.07) is 25.6. The normalized spacial score (nSPS) is 12.9. The molecule has 0 aliphatic heterocycles. The molecule has 3 rings (SSSR count). The Bertz CT molecular complexity index is 983. The number of benzene rings is 3. The molecule has 30 heavy (non-hydrogen) atoms. The molecule has 3 aromatic rings. The minimum atomic E-state index is -0.512. The lowest BCUT2D eigenvalue weighted by atomic mass is 9.88. The first-order valence-corrected chi connectivity index (χ1v) is 11.1. The van der Waals surface area contributed by atoms with Gasteiger partial charge in [0.25, 0.3) is 0 Å². The van der Waals surface area contributed by atoms with Gasteiger partial charge in [0.15, 0.2) is 0 Å². The average Bonchev–Trinajstić information content (AvgIpc) is 2.74. The van der Waals surface area contributed by atoms with Crippen molar-refractivity contribution in [2.75, 3.05) is 0 Å². The van der Waals surface area contributed by atoms with Gasteiger partial charge < -0.3 is 4.74 Å². The van der Waals surface area contributed by atoms with E-state index in [1.165, 1.54) is 0 Å². The van der Waals surface area contributed by atoms with Crippen LogP contribution in [-0.2, 0) is 9.53 Å². The number of rotatable bonds is 8. The van der Waals surface area contributed by atoms with Crippen LogP contribution in [0, 0.1) is 5.92 Å². The summed E-state index contributed by atoms with van der Waals surface area (Å²) < 4.78 is 5.90. The molecule has 0 radical (unpaired) electrons. The zero-order valence-electron chi connectivity index (χ0n) is 17.1. The second-order valence-corrected chi connectivity index (χ2v) is 8.94. The van der Waals surface area contributed by atoms with E-state index >= 15 is 0 Å². The molecule has 2 atom stereocenters. The van der Waals surface area contributed by atoms with Crippen molar-refractivity contribution < 1.29 is 9.53 Å². The van der Waals surface area contributed by atoms with Crippen LogP contribution in [0.15, 0.2) is 101 Å². The SMILES string of the molecule is C=CC(OC(=O)C(c1ccc(Cl)cc1)C(C)C)c1cccc(Sc2ccccc2)c1. The van der Waals surface area contributed by atoms with E-state index in [2.05, 4.69) is 18.7 Å². The van der Waals surface area contributed by atoms with Gasteiger partial charge in [0.05, 0.1) is 5.92 Å². The minimum Gasteiger partial charge on any atom is -0.453 e. The molecule has 0 bridgehead atoms. The van der Waals surface area contributed by atoms with Crippen molar-refractivity contribution in [2.45, 2.75) is 35.7 Å². The molecule has 0 fully saturated rings. The number of esters is 1. The first-order chi connectivity index (χ1) is 14.5. The predicted molar refractivity (Wildman–Crippen MR) is 125 cm³/mol. The van der Waals surface area contributed by atoms with Crippen molar-refractivity contribution in [3.63, 3.8) is 0 Å². The number of carbonyl (C=O) groups excluding carboxylic acids is 1. The average molecular weight is 437 g/mol. The Hall–Kier alpha value is -2.49. The fourth-order valence-corrected chi connectivity index (χ4v) is 4.33. The van der Waals surface area contributed by atoms with Gasteiger partial charge in [-0.25, -0.2) is 0 Å². The van der Waals surface area contributed by atoms with E-state index in [0.717, 1.165) is 20.9 Å². The molecule has 0 N–H and O–H groups in total. The Morgan fingerprint density at radius 3 is 2.23 bits per heavy atom. The molecule has 4 heteroatoms. The summed E-state index contributed by atoms with van der Waals surface area (Å²) >= 11 is 7.67. The van der Waals surface area contributed by atoms with E-state index in [0.29, 0.717) is 5.02 Å². The zero-order valence-corrected chi connectivity index (χ0v) is 18.7. The van der Waals surface area contributed by atoms with Crippen molar-refractivity contribution in [1.82, 2.24) is 0 Å². The van der Waals surface area contributed by atoms with Gasteiger partial charge in [-0.1, -0.05) is 86.3 Å². The van der Waals surface area contributed by atoms with E-state index in [1.54, 1.807) is 30.0 Å². The van der Waals surface area contributed by atoms with Crippen molar-refractivity contribution in [1.29, 1.82) is 0 Å². The molecule has 0 heterocycles. The van der Waals surface area contributed by atoms with Crippen LogP contribution in [-0.4, -0.2) is 5.97 Å². The van der Waals surface area contributed by atoms with E-state index < -0.39 is 6.10 Å². The molecular weight excluding hydrogens is 412 g/mol. The van der Waals surface area contributed by atoms with E-state index in [1.807, 2.05) is 68.4 Å². The Morgan fingerprint density at radius 1 is 0.933 bits per heavy atom. The summed E-state index contributed by atoms with van der Waals surface area (Å²) in [4.78, 5) is 15.3. The number of ether oxygens (including phenoxy) is 1. The van der Waals surface area contributed by atoms with Gasteiger partial charge in [0.2, 0.25) is 0 Å². The minimum absolute atomic E-state index is 0.0871. The Kier molecular flexibility index (Phi) is 7.78. The first-order valence-electron chi connectivity index (χ1n) is 9.89. The maximum atomic E-state index is 13.1. The highest BCUT2D eigenvalue weighted by Crippen LogP contribution is 2.33. The first kappa shape index (κ1) is 22.2. The number of halogens is 1. The highest BCUT2D eigenvalue weighted by atomic mass is 35.5. The molecule has 0 aliphatic carbocycles. The van der Waals surface area contributed by atoms with Crippen LogP contribution in [0.2, 0.25) is 5.02 Å². The van der Waals surface area contributed by atoms with Crippen LogP contribution in [0.5, 0.6) is 0 Å². The summed E-state index contributed by atoms with van der Waals surface area (Å²) in [5.74, 6) is -0.547. The van der Waals surface area contributed by atoms with Gasteiger partial charge in [-0.05, 0) is 59.5 Å². The monoisotopic (exact) mass is 436 g/mol. The quantitative estimate of drug-likeness (QED) is 0.267. The largest absolute Gasteiger partial charge is 0.453 e. The van der Waals surface area contributed by atoms with Crippen molar-refractivity contribution >= 4 is 29.3 Å². The maximum Gasteiger partial charge on any atom is 0.314 e. The third-order valence-corrected chi connectivity index (χ3v) is 6.02. The van der Waals surface area contributed by atoms with Gasteiger partial charge in [-0.3, -0.25) is 4.79 Å². The van der Waals surface area contributed by atoms with Gasteiger partial charge in [-0.2, -0.15) is 0 Å². The smallest absolute Gasteiger partial charge is 0.314 e. The fourth-order valence-electron chi connectivity index (χ4n) is 3.29. The van der Waals surface area contributed by atoms with E-state index in [9.17, 15) is 4.79 Å². The Balaban J connectivity index is 1.78. The van der Waals surface area contributed by atoms with Crippen molar-refractivity contribution in [3.05, 3.63) is 108 Å². The standard InChI is InChI=1S/C26H25ClO2S/c1-4-24(20-9-8-12-23(17-20)30-22-10-6-5-7-11-22)29-26(28)25(18(2)3)19-13-15-21(27)16-14-19/h4-18,24-25H,1H2,2-3H3. The molecule has 0 saturated carbocycles. The molecule has 2 unspecified atom stereocenters. The molecule has 0 aromatic heterocycles. The molecule has 3 aromatic carbocycles. The topological polar surface area (TPSA) is 26.3 Å². The van der Waals surface area contributed by atoms with Gasteiger partial charge >= 0.3 is 5.97 Å². The van der Waals surface area contributed by atoms with E-state index in [4.69, 9.17) is 16.3 Å². The highest BCUT2D eigenvalue weighted by Gasteiger charge is 2.28. The van der Waals surface area contributed by atoms with Gasteiger partial charge in [0, 0.05) is 14.8 Å². The molecule has 2 nitrogen and oxygen atoms in total. The molecule has 0 aliphatic rings. The second-order valence-electron chi connectivity index (χ2n) is 7.35. The lowest BCUT2D eigenvalue weighted by molar-refractivity contribution is -0.150. The second kappa shape index (κ2) is 10.5. The number of hydrogen-bond acceptors (Lipinski definition) is 3. The molecule has 0 amide bonds. The third kappa shape index (κ3) is 5.78. The molecule has 0 saturated heterocycles. The van der Waals surface area contributed by atoms with Crippen LogP contribution >= 0.6 is 23.4 Å². The van der Waals surface area contributed by atoms with Crippen LogP contribution in [0.1, 0.15) is 37.0 Å². The Labute approximate surface area is 187 Å². The molecule has 0 spiro atoms. The van der Waals surface area contributed by atoms with Gasteiger partial charge in [0.1, 0.15) is 6.10 Å². The summed E-state index contributed by atoms with van der Waals surface area (Å²) in [5, 5.41) is 0.645. The number of carbonyl (C=O) groups is 1. The van der Waals surface area contributed by atoms with Crippen molar-refractivity contribution in [2.24, 2.45) is 5.92 Å². The lowest BCUT2D eigenvalue weighted by Crippen LogP contribution is -2.22. The van der Waals surface area contributed by atoms with Crippen molar-refractivity contribution in [3.8, 4) is 0 Å². The van der Waals surface area contributed by atoms with Crippen LogP contribution in [0.4, 0.5) is 0 Å². The molecular formula is C26H25ClO2S. The summed E-state index contributed by atoms with van der Waals surface area (Å²) in [6.45, 7) is 7.92. The third-order valence-electron chi connectivity index (χ3n) is 4.77. The van der Waals surface area contributed by atoms with Crippen LogP contribution in [0.3, 0.4) is 0 Å². The molecule has 154 valence electrons. The summed E-state index contributed by atoms with van der Waals surface area (Å²) in [5.41, 5.74) is 1.80. The van der Waals surface area contributed by atoms with Crippen LogP contribution < -0.4 is 0 Å². The predicted octanol–water partition coefficient (Wildman–Crippen LogP) is 7.70. The zero-order chi connectivity index (χ0) is 21.5. The highest BCUT2D eigenvalue weighted by molar-refractivity contribution is 7.99. The van der Waals surface area contributed by atoms with Crippen LogP contribution in [0.25, 0.3) is 0 Å². The van der Waals surface area contributed by atoms with Gasteiger partial charge in [-0.15, -0.1) is 0 Å². The van der Waals surface area contributed by atoms with E-state index in [-0.39, 0.29) is 17.8 Å². The maximum absolute atomic E-state index is 13.1.